The second-order valence-corrected chi connectivity index (χ2v) is 6.17. The van der Waals surface area contributed by atoms with Crippen molar-refractivity contribution in [3.8, 4) is 11.5 Å². The fraction of sp³-hybridized carbons (Fsp3) is 0.318. The molecule has 0 heterocycles. The van der Waals surface area contributed by atoms with Crippen LogP contribution in [0.3, 0.4) is 0 Å². The zero-order valence-corrected chi connectivity index (χ0v) is 16.8. The first-order valence-electron chi connectivity index (χ1n) is 9.68. The standard InChI is InChI=1S/C22H27N3O4/c1-3-5-14-29-19-12-10-17(11-13-19)22(27)23-16-21(26)25-24-15-18-8-6-7-9-20(18)28-4-2/h6-13,15H,3-5,14,16H2,1-2H3,(H,23,27)(H,25,26)/b24-15-. The molecule has 0 bridgehead atoms. The van der Waals surface area contributed by atoms with Crippen molar-refractivity contribution in [2.24, 2.45) is 5.10 Å². The lowest BCUT2D eigenvalue weighted by molar-refractivity contribution is -0.120. The summed E-state index contributed by atoms with van der Waals surface area (Å²) in [5, 5.41) is 6.47. The van der Waals surface area contributed by atoms with Crippen LogP contribution in [0.15, 0.2) is 53.6 Å². The van der Waals surface area contributed by atoms with Crippen LogP contribution in [0.2, 0.25) is 0 Å². The van der Waals surface area contributed by atoms with Crippen molar-refractivity contribution in [1.29, 1.82) is 0 Å². The highest BCUT2D eigenvalue weighted by Gasteiger charge is 2.08. The summed E-state index contributed by atoms with van der Waals surface area (Å²) in [5.41, 5.74) is 3.59. The maximum absolute atomic E-state index is 12.1. The zero-order chi connectivity index (χ0) is 20.9. The number of amides is 2. The van der Waals surface area contributed by atoms with E-state index in [1.54, 1.807) is 24.3 Å². The summed E-state index contributed by atoms with van der Waals surface area (Å²) < 4.78 is 11.1. The van der Waals surface area contributed by atoms with E-state index in [1.165, 1.54) is 6.21 Å². The van der Waals surface area contributed by atoms with Gasteiger partial charge in [-0.25, -0.2) is 5.43 Å². The van der Waals surface area contributed by atoms with E-state index in [2.05, 4.69) is 22.8 Å². The molecule has 2 amide bonds. The maximum Gasteiger partial charge on any atom is 0.259 e. The molecule has 0 saturated heterocycles. The van der Waals surface area contributed by atoms with E-state index in [1.807, 2.05) is 31.2 Å². The molecule has 0 aliphatic heterocycles. The van der Waals surface area contributed by atoms with E-state index in [9.17, 15) is 9.59 Å². The number of nitrogens with zero attached hydrogens (tertiary/aromatic N) is 1. The van der Waals surface area contributed by atoms with Crippen molar-refractivity contribution in [3.05, 3.63) is 59.7 Å². The fourth-order valence-corrected chi connectivity index (χ4v) is 2.39. The summed E-state index contributed by atoms with van der Waals surface area (Å²) in [6.45, 7) is 4.99. The van der Waals surface area contributed by atoms with Crippen LogP contribution in [-0.2, 0) is 4.79 Å². The molecule has 0 unspecified atom stereocenters. The highest BCUT2D eigenvalue weighted by molar-refractivity contribution is 5.96. The van der Waals surface area contributed by atoms with Gasteiger partial charge in [0.15, 0.2) is 0 Å². The molecule has 7 nitrogen and oxygen atoms in total. The number of ether oxygens (including phenoxy) is 2. The SMILES string of the molecule is CCCCOc1ccc(C(=O)NCC(=O)N/N=C\c2ccccc2OCC)cc1. The van der Waals surface area contributed by atoms with Crippen LogP contribution < -0.4 is 20.2 Å². The van der Waals surface area contributed by atoms with E-state index in [0.29, 0.717) is 24.5 Å². The molecule has 29 heavy (non-hydrogen) atoms. The van der Waals surface area contributed by atoms with Gasteiger partial charge in [-0.05, 0) is 49.7 Å². The number of para-hydroxylation sites is 1. The summed E-state index contributed by atoms with van der Waals surface area (Å²) in [5.74, 6) is 0.631. The number of unbranched alkanes of at least 4 members (excludes halogenated alkanes) is 1. The first-order chi connectivity index (χ1) is 14.1. The molecule has 0 radical (unpaired) electrons. The largest absolute Gasteiger partial charge is 0.494 e. The van der Waals surface area contributed by atoms with Crippen LogP contribution in [0.5, 0.6) is 11.5 Å². The third-order valence-electron chi connectivity index (χ3n) is 3.90. The number of hydrogen-bond donors (Lipinski definition) is 2. The van der Waals surface area contributed by atoms with Crippen molar-refractivity contribution in [3.63, 3.8) is 0 Å². The summed E-state index contributed by atoms with van der Waals surface area (Å²) in [7, 11) is 0. The van der Waals surface area contributed by atoms with Gasteiger partial charge in [0, 0.05) is 11.1 Å². The van der Waals surface area contributed by atoms with Crippen molar-refractivity contribution < 1.29 is 19.1 Å². The van der Waals surface area contributed by atoms with Gasteiger partial charge in [-0.15, -0.1) is 0 Å². The topological polar surface area (TPSA) is 89.0 Å². The minimum Gasteiger partial charge on any atom is -0.494 e. The van der Waals surface area contributed by atoms with Crippen molar-refractivity contribution in [2.45, 2.75) is 26.7 Å². The Hall–Kier alpha value is -3.35. The number of carbonyl (C=O) groups excluding carboxylic acids is 2. The molecule has 0 aromatic heterocycles. The first kappa shape index (κ1) is 21.9. The van der Waals surface area contributed by atoms with Gasteiger partial charge in [0.25, 0.3) is 11.8 Å². The van der Waals surface area contributed by atoms with Crippen LogP contribution in [0.4, 0.5) is 0 Å². The summed E-state index contributed by atoms with van der Waals surface area (Å²) in [6, 6.07) is 14.2. The quantitative estimate of drug-likeness (QED) is 0.346. The number of hydrogen-bond acceptors (Lipinski definition) is 5. The van der Waals surface area contributed by atoms with Gasteiger partial charge < -0.3 is 14.8 Å². The van der Waals surface area contributed by atoms with Crippen molar-refractivity contribution in [1.82, 2.24) is 10.7 Å². The average Bonchev–Trinajstić information content (AvgIpc) is 2.74. The normalized spacial score (nSPS) is 10.6. The van der Waals surface area contributed by atoms with Crippen LogP contribution in [-0.4, -0.2) is 37.8 Å². The summed E-state index contributed by atoms with van der Waals surface area (Å²) in [6.07, 6.45) is 3.55. The van der Waals surface area contributed by atoms with Gasteiger partial charge in [0.2, 0.25) is 0 Å². The molecule has 0 aliphatic rings. The summed E-state index contributed by atoms with van der Waals surface area (Å²) >= 11 is 0. The Kier molecular flexibility index (Phi) is 9.21. The van der Waals surface area contributed by atoms with Crippen LogP contribution in [0.1, 0.15) is 42.6 Å². The molecule has 0 saturated carbocycles. The van der Waals surface area contributed by atoms with Gasteiger partial charge >= 0.3 is 0 Å². The van der Waals surface area contributed by atoms with E-state index in [-0.39, 0.29) is 12.5 Å². The Labute approximate surface area is 171 Å². The van der Waals surface area contributed by atoms with E-state index >= 15 is 0 Å². The molecule has 2 N–H and O–H groups in total. The number of rotatable bonds is 11. The minimum atomic E-state index is -0.428. The fourth-order valence-electron chi connectivity index (χ4n) is 2.39. The molecule has 0 fully saturated rings. The molecule has 0 spiro atoms. The molecule has 2 aromatic carbocycles. The first-order valence-corrected chi connectivity index (χ1v) is 9.68. The van der Waals surface area contributed by atoms with Gasteiger partial charge in [0.1, 0.15) is 11.5 Å². The van der Waals surface area contributed by atoms with Crippen molar-refractivity contribution >= 4 is 18.0 Å². The minimum absolute atomic E-state index is 0.183. The van der Waals surface area contributed by atoms with E-state index < -0.39 is 5.91 Å². The predicted octanol–water partition coefficient (Wildman–Crippen LogP) is 3.14. The number of nitrogens with one attached hydrogen (secondary N) is 2. The number of benzene rings is 2. The highest BCUT2D eigenvalue weighted by Crippen LogP contribution is 2.15. The summed E-state index contributed by atoms with van der Waals surface area (Å²) in [4.78, 5) is 24.0. The lowest BCUT2D eigenvalue weighted by atomic mass is 10.2. The van der Waals surface area contributed by atoms with E-state index in [4.69, 9.17) is 9.47 Å². The van der Waals surface area contributed by atoms with Crippen LogP contribution >= 0.6 is 0 Å². The Bertz CT molecular complexity index is 819. The molecule has 154 valence electrons. The highest BCUT2D eigenvalue weighted by atomic mass is 16.5. The Morgan fingerprint density at radius 2 is 1.79 bits per heavy atom. The maximum atomic E-state index is 12.1. The lowest BCUT2D eigenvalue weighted by Crippen LogP contribution is -2.34. The zero-order valence-electron chi connectivity index (χ0n) is 16.8. The van der Waals surface area contributed by atoms with E-state index in [0.717, 1.165) is 24.2 Å². The molecule has 7 heteroatoms. The Morgan fingerprint density at radius 3 is 2.52 bits per heavy atom. The third-order valence-corrected chi connectivity index (χ3v) is 3.90. The second kappa shape index (κ2) is 12.2. The molecule has 0 atom stereocenters. The van der Waals surface area contributed by atoms with Crippen molar-refractivity contribution in [2.75, 3.05) is 19.8 Å². The smallest absolute Gasteiger partial charge is 0.259 e. The molecule has 0 aliphatic carbocycles. The van der Waals surface area contributed by atoms with Gasteiger partial charge in [0.05, 0.1) is 26.0 Å². The lowest BCUT2D eigenvalue weighted by Gasteiger charge is -2.07. The number of carbonyl (C=O) groups is 2. The molecule has 2 aromatic rings. The van der Waals surface area contributed by atoms with Gasteiger partial charge in [-0.2, -0.15) is 5.10 Å². The molecular formula is C22H27N3O4. The average molecular weight is 397 g/mol. The molecule has 2 rings (SSSR count). The van der Waals surface area contributed by atoms with Gasteiger partial charge in [-0.1, -0.05) is 25.5 Å². The Morgan fingerprint density at radius 1 is 1.03 bits per heavy atom. The monoisotopic (exact) mass is 397 g/mol. The third kappa shape index (κ3) is 7.65. The van der Waals surface area contributed by atoms with Crippen LogP contribution in [0.25, 0.3) is 0 Å². The molecular weight excluding hydrogens is 370 g/mol. The van der Waals surface area contributed by atoms with Crippen LogP contribution in [0, 0.1) is 0 Å². The Balaban J connectivity index is 1.78. The van der Waals surface area contributed by atoms with Gasteiger partial charge in [-0.3, -0.25) is 9.59 Å². The number of hydrazone groups is 1. The second-order valence-electron chi connectivity index (χ2n) is 6.17. The predicted molar refractivity (Wildman–Crippen MR) is 113 cm³/mol.